The standard InChI is InChI=1S/C15H17ClN2O2S/c1-3-18(9-11-5-7-14(16)21-11)15(19)12-6-4-10(17)8-13(12)20-2/h4-8H,3,9,17H2,1-2H3. The second kappa shape index (κ2) is 6.83. The Bertz CT molecular complexity index is 642. The average molecular weight is 325 g/mol. The molecule has 1 amide bonds. The number of amides is 1. The van der Waals surface area contributed by atoms with Crippen LogP contribution in [0.5, 0.6) is 5.75 Å². The maximum atomic E-state index is 12.7. The number of nitrogen functional groups attached to an aromatic ring is 1. The third kappa shape index (κ3) is 3.68. The first-order valence-corrected chi connectivity index (χ1v) is 7.71. The van der Waals surface area contributed by atoms with Gasteiger partial charge < -0.3 is 15.4 Å². The van der Waals surface area contributed by atoms with Gasteiger partial charge in [-0.3, -0.25) is 4.79 Å². The molecule has 0 aliphatic heterocycles. The van der Waals surface area contributed by atoms with Gasteiger partial charge in [0, 0.05) is 23.2 Å². The van der Waals surface area contributed by atoms with E-state index in [1.54, 1.807) is 23.1 Å². The summed E-state index contributed by atoms with van der Waals surface area (Å²) in [6.07, 6.45) is 0. The molecule has 0 fully saturated rings. The van der Waals surface area contributed by atoms with E-state index in [0.29, 0.717) is 30.1 Å². The molecule has 21 heavy (non-hydrogen) atoms. The first-order valence-electron chi connectivity index (χ1n) is 6.52. The van der Waals surface area contributed by atoms with Crippen LogP contribution in [-0.2, 0) is 6.54 Å². The van der Waals surface area contributed by atoms with Crippen LogP contribution >= 0.6 is 22.9 Å². The molecule has 6 heteroatoms. The molecule has 1 aromatic carbocycles. The van der Waals surface area contributed by atoms with Gasteiger partial charge in [-0.25, -0.2) is 0 Å². The molecule has 1 heterocycles. The van der Waals surface area contributed by atoms with Crippen molar-refractivity contribution < 1.29 is 9.53 Å². The van der Waals surface area contributed by atoms with Gasteiger partial charge in [-0.2, -0.15) is 0 Å². The highest BCUT2D eigenvalue weighted by Crippen LogP contribution is 2.26. The van der Waals surface area contributed by atoms with Crippen LogP contribution in [-0.4, -0.2) is 24.5 Å². The summed E-state index contributed by atoms with van der Waals surface area (Å²) in [6.45, 7) is 3.07. The highest BCUT2D eigenvalue weighted by molar-refractivity contribution is 7.16. The molecule has 1 aromatic heterocycles. The molecule has 0 saturated heterocycles. The van der Waals surface area contributed by atoms with E-state index in [9.17, 15) is 4.79 Å². The molecule has 0 unspecified atom stereocenters. The minimum atomic E-state index is -0.0844. The molecule has 0 aliphatic rings. The van der Waals surface area contributed by atoms with Crippen molar-refractivity contribution >= 4 is 34.5 Å². The van der Waals surface area contributed by atoms with Gasteiger partial charge in [0.15, 0.2) is 0 Å². The summed E-state index contributed by atoms with van der Waals surface area (Å²) in [5.74, 6) is 0.404. The van der Waals surface area contributed by atoms with Crippen LogP contribution in [0.3, 0.4) is 0 Å². The van der Waals surface area contributed by atoms with E-state index in [2.05, 4.69) is 0 Å². The van der Waals surface area contributed by atoms with Crippen LogP contribution in [0.4, 0.5) is 5.69 Å². The largest absolute Gasteiger partial charge is 0.496 e. The average Bonchev–Trinajstić information content (AvgIpc) is 2.89. The van der Waals surface area contributed by atoms with E-state index >= 15 is 0 Å². The van der Waals surface area contributed by atoms with Crippen LogP contribution < -0.4 is 10.5 Å². The lowest BCUT2D eigenvalue weighted by Gasteiger charge is -2.21. The Hall–Kier alpha value is -1.72. The first-order chi connectivity index (χ1) is 10.0. The van der Waals surface area contributed by atoms with Gasteiger partial charge in [-0.15, -0.1) is 11.3 Å². The maximum Gasteiger partial charge on any atom is 0.257 e. The predicted molar refractivity (Wildman–Crippen MR) is 87.1 cm³/mol. The lowest BCUT2D eigenvalue weighted by atomic mass is 10.1. The van der Waals surface area contributed by atoms with Gasteiger partial charge in [0.1, 0.15) is 5.75 Å². The fourth-order valence-corrected chi connectivity index (χ4v) is 3.11. The van der Waals surface area contributed by atoms with Gasteiger partial charge in [0.2, 0.25) is 0 Å². The summed E-state index contributed by atoms with van der Waals surface area (Å²) >= 11 is 7.41. The number of carbonyl (C=O) groups excluding carboxylic acids is 1. The lowest BCUT2D eigenvalue weighted by Crippen LogP contribution is -2.30. The van der Waals surface area contributed by atoms with Crippen molar-refractivity contribution in [2.24, 2.45) is 0 Å². The molecule has 0 atom stereocenters. The number of nitrogens with two attached hydrogens (primary N) is 1. The highest BCUT2D eigenvalue weighted by atomic mass is 35.5. The Kier molecular flexibility index (Phi) is 5.09. The topological polar surface area (TPSA) is 55.6 Å². The first kappa shape index (κ1) is 15.7. The summed E-state index contributed by atoms with van der Waals surface area (Å²) in [4.78, 5) is 15.4. The van der Waals surface area contributed by atoms with Crippen molar-refractivity contribution in [3.63, 3.8) is 0 Å². The summed E-state index contributed by atoms with van der Waals surface area (Å²) < 4.78 is 5.97. The Morgan fingerprint density at radius 3 is 2.71 bits per heavy atom. The van der Waals surface area contributed by atoms with Crippen LogP contribution in [0.1, 0.15) is 22.2 Å². The fourth-order valence-electron chi connectivity index (χ4n) is 2.01. The molecular weight excluding hydrogens is 308 g/mol. The number of carbonyl (C=O) groups is 1. The molecule has 0 radical (unpaired) electrons. The zero-order valence-electron chi connectivity index (χ0n) is 11.9. The maximum absolute atomic E-state index is 12.7. The Morgan fingerprint density at radius 2 is 2.14 bits per heavy atom. The van der Waals surface area contributed by atoms with Crippen LogP contribution in [0.25, 0.3) is 0 Å². The molecule has 2 N–H and O–H groups in total. The molecule has 0 aliphatic carbocycles. The highest BCUT2D eigenvalue weighted by Gasteiger charge is 2.19. The quantitative estimate of drug-likeness (QED) is 0.854. The van der Waals surface area contributed by atoms with Crippen LogP contribution in [0, 0.1) is 0 Å². The number of benzene rings is 1. The summed E-state index contributed by atoms with van der Waals surface area (Å²) in [6, 6.07) is 8.82. The van der Waals surface area contributed by atoms with Crippen molar-refractivity contribution in [2.45, 2.75) is 13.5 Å². The number of halogens is 1. The van der Waals surface area contributed by atoms with E-state index < -0.39 is 0 Å². The Balaban J connectivity index is 2.23. The van der Waals surface area contributed by atoms with E-state index in [4.69, 9.17) is 22.1 Å². The Morgan fingerprint density at radius 1 is 1.38 bits per heavy atom. The number of ether oxygens (including phenoxy) is 1. The molecule has 4 nitrogen and oxygen atoms in total. The molecule has 0 saturated carbocycles. The summed E-state index contributed by atoms with van der Waals surface area (Å²) in [5.41, 5.74) is 6.80. The third-order valence-electron chi connectivity index (χ3n) is 3.10. The zero-order valence-corrected chi connectivity index (χ0v) is 13.5. The van der Waals surface area contributed by atoms with Gasteiger partial charge in [0.25, 0.3) is 5.91 Å². The van der Waals surface area contributed by atoms with Crippen molar-refractivity contribution in [3.05, 3.63) is 45.1 Å². The fraction of sp³-hybridized carbons (Fsp3) is 0.267. The van der Waals surface area contributed by atoms with Gasteiger partial charge in [-0.05, 0) is 31.2 Å². The number of hydrogen-bond acceptors (Lipinski definition) is 4. The molecule has 0 spiro atoms. The SMILES string of the molecule is CCN(Cc1ccc(Cl)s1)C(=O)c1ccc(N)cc1OC. The van der Waals surface area contributed by atoms with E-state index in [-0.39, 0.29) is 5.91 Å². The smallest absolute Gasteiger partial charge is 0.257 e. The predicted octanol–water partition coefficient (Wildman–Crippen LogP) is 3.65. The monoisotopic (exact) mass is 324 g/mol. The number of thiophene rings is 1. The van der Waals surface area contributed by atoms with Crippen molar-refractivity contribution in [1.29, 1.82) is 0 Å². The minimum Gasteiger partial charge on any atom is -0.496 e. The molecule has 0 bridgehead atoms. The third-order valence-corrected chi connectivity index (χ3v) is 4.32. The van der Waals surface area contributed by atoms with Crippen molar-refractivity contribution in [3.8, 4) is 5.75 Å². The van der Waals surface area contributed by atoms with Gasteiger partial charge in [-0.1, -0.05) is 11.6 Å². The van der Waals surface area contributed by atoms with Gasteiger partial charge >= 0.3 is 0 Å². The van der Waals surface area contributed by atoms with Crippen molar-refractivity contribution in [1.82, 2.24) is 4.90 Å². The molecular formula is C15H17ClN2O2S. The van der Waals surface area contributed by atoms with Crippen LogP contribution in [0.2, 0.25) is 4.34 Å². The van der Waals surface area contributed by atoms with Crippen LogP contribution in [0.15, 0.2) is 30.3 Å². The van der Waals surface area contributed by atoms with Crippen molar-refractivity contribution in [2.75, 3.05) is 19.4 Å². The van der Waals surface area contributed by atoms with Gasteiger partial charge in [0.05, 0.1) is 23.6 Å². The van der Waals surface area contributed by atoms with E-state index in [1.807, 2.05) is 19.1 Å². The number of nitrogens with zero attached hydrogens (tertiary/aromatic N) is 1. The molecule has 2 aromatic rings. The van der Waals surface area contributed by atoms with E-state index in [1.165, 1.54) is 18.4 Å². The minimum absolute atomic E-state index is 0.0844. The Labute approximate surface area is 133 Å². The number of methoxy groups -OCH3 is 1. The molecule has 112 valence electrons. The number of anilines is 1. The zero-order chi connectivity index (χ0) is 15.4. The normalized spacial score (nSPS) is 10.4. The summed E-state index contributed by atoms with van der Waals surface area (Å²) in [7, 11) is 1.53. The number of hydrogen-bond donors (Lipinski definition) is 1. The second-order valence-corrected chi connectivity index (χ2v) is 6.28. The lowest BCUT2D eigenvalue weighted by molar-refractivity contribution is 0.0751. The summed E-state index contributed by atoms with van der Waals surface area (Å²) in [5, 5.41) is 0. The van der Waals surface area contributed by atoms with E-state index in [0.717, 1.165) is 9.21 Å². The molecule has 2 rings (SSSR count). The second-order valence-electron chi connectivity index (χ2n) is 4.48. The number of rotatable bonds is 5.